The number of unbranched alkanes of at least 4 members (excludes halogenated alkanes) is 3. The van der Waals surface area contributed by atoms with Crippen LogP contribution < -0.4 is 9.47 Å². The molecular weight excluding hydrogens is 344 g/mol. The molecule has 0 fully saturated rings. The van der Waals surface area contributed by atoms with E-state index in [1.165, 1.54) is 19.3 Å². The van der Waals surface area contributed by atoms with Crippen molar-refractivity contribution in [2.75, 3.05) is 6.61 Å². The van der Waals surface area contributed by atoms with Crippen LogP contribution >= 0.6 is 0 Å². The summed E-state index contributed by atoms with van der Waals surface area (Å²) in [5, 5.41) is 9.30. The van der Waals surface area contributed by atoms with E-state index in [-0.39, 0.29) is 0 Å². The summed E-state index contributed by atoms with van der Waals surface area (Å²) < 4.78 is 11.3. The Morgan fingerprint density at radius 1 is 1.04 bits per heavy atom. The molecule has 2 rings (SSSR count). The molecule has 27 heavy (non-hydrogen) atoms. The molecule has 0 aliphatic rings. The molecule has 1 unspecified atom stereocenters. The van der Waals surface area contributed by atoms with Gasteiger partial charge in [0.2, 0.25) is 5.60 Å². The zero-order chi connectivity index (χ0) is 19.7. The van der Waals surface area contributed by atoms with Crippen molar-refractivity contribution in [1.29, 1.82) is 0 Å². The zero-order valence-corrected chi connectivity index (χ0v) is 16.3. The van der Waals surface area contributed by atoms with Crippen molar-refractivity contribution in [3.8, 4) is 22.9 Å². The van der Waals surface area contributed by atoms with Crippen molar-refractivity contribution in [2.24, 2.45) is 0 Å². The largest absolute Gasteiger partial charge is 0.490 e. The van der Waals surface area contributed by atoms with Crippen molar-refractivity contribution in [3.05, 3.63) is 36.7 Å². The zero-order valence-electron chi connectivity index (χ0n) is 16.3. The van der Waals surface area contributed by atoms with Crippen LogP contribution in [-0.2, 0) is 4.79 Å². The average Bonchev–Trinajstić information content (AvgIpc) is 2.69. The number of aliphatic carboxylic acids is 1. The maximum Gasteiger partial charge on any atom is 0.347 e. The van der Waals surface area contributed by atoms with Crippen LogP contribution in [0.15, 0.2) is 36.7 Å². The number of carbonyl (C=O) groups is 1. The third kappa shape index (κ3) is 5.94. The summed E-state index contributed by atoms with van der Waals surface area (Å²) in [6, 6.07) is 7.09. The quantitative estimate of drug-likeness (QED) is 0.574. The molecule has 146 valence electrons. The number of rotatable bonds is 11. The van der Waals surface area contributed by atoms with E-state index < -0.39 is 11.6 Å². The first-order valence-corrected chi connectivity index (χ1v) is 9.46. The fourth-order valence-electron chi connectivity index (χ4n) is 2.46. The van der Waals surface area contributed by atoms with Crippen LogP contribution in [0.5, 0.6) is 11.5 Å². The molecule has 0 bridgehead atoms. The average molecular weight is 372 g/mol. The third-order valence-corrected chi connectivity index (χ3v) is 4.48. The van der Waals surface area contributed by atoms with Crippen LogP contribution in [0.3, 0.4) is 0 Å². The Morgan fingerprint density at radius 3 is 2.26 bits per heavy atom. The normalized spacial score (nSPS) is 13.0. The highest BCUT2D eigenvalue weighted by molar-refractivity contribution is 5.77. The van der Waals surface area contributed by atoms with Crippen LogP contribution in [0.1, 0.15) is 52.9 Å². The summed E-state index contributed by atoms with van der Waals surface area (Å²) in [7, 11) is 0. The first-order valence-electron chi connectivity index (χ1n) is 9.46. The molecule has 0 radical (unpaired) electrons. The highest BCUT2D eigenvalue weighted by Crippen LogP contribution is 2.25. The minimum absolute atomic E-state index is 0.368. The Bertz CT molecular complexity index is 716. The second-order valence-corrected chi connectivity index (χ2v) is 6.67. The number of hydrogen-bond donors (Lipinski definition) is 1. The third-order valence-electron chi connectivity index (χ3n) is 4.48. The maximum absolute atomic E-state index is 11.3. The molecule has 0 amide bonds. The number of carboxylic acids is 1. The van der Waals surface area contributed by atoms with E-state index in [1.807, 2.05) is 12.1 Å². The van der Waals surface area contributed by atoms with E-state index in [0.717, 1.165) is 12.0 Å². The summed E-state index contributed by atoms with van der Waals surface area (Å²) in [6.07, 6.45) is 8.34. The second-order valence-electron chi connectivity index (χ2n) is 6.67. The van der Waals surface area contributed by atoms with Crippen molar-refractivity contribution in [1.82, 2.24) is 9.97 Å². The SMILES string of the molecule is CCCCCCOc1cnc(-c2ccc(OC(C)(CC)C(=O)O)cc2)nc1. The van der Waals surface area contributed by atoms with Gasteiger partial charge in [-0.1, -0.05) is 33.1 Å². The molecule has 0 saturated carbocycles. The van der Waals surface area contributed by atoms with Gasteiger partial charge in [0, 0.05) is 5.56 Å². The molecule has 1 N–H and O–H groups in total. The van der Waals surface area contributed by atoms with Gasteiger partial charge in [0.15, 0.2) is 11.6 Å². The smallest absolute Gasteiger partial charge is 0.347 e. The van der Waals surface area contributed by atoms with Gasteiger partial charge in [0.25, 0.3) is 0 Å². The highest BCUT2D eigenvalue weighted by Gasteiger charge is 2.33. The lowest BCUT2D eigenvalue weighted by Gasteiger charge is -2.24. The van der Waals surface area contributed by atoms with Gasteiger partial charge in [-0.05, 0) is 44.0 Å². The summed E-state index contributed by atoms with van der Waals surface area (Å²) in [5.74, 6) is 0.756. The number of benzene rings is 1. The lowest BCUT2D eigenvalue weighted by molar-refractivity contribution is -0.154. The molecule has 0 aliphatic heterocycles. The fourth-order valence-corrected chi connectivity index (χ4v) is 2.46. The Kier molecular flexibility index (Phi) is 7.58. The highest BCUT2D eigenvalue weighted by atomic mass is 16.5. The molecule has 1 heterocycles. The van der Waals surface area contributed by atoms with Crippen LogP contribution in [0.2, 0.25) is 0 Å². The second kappa shape index (κ2) is 9.90. The molecule has 6 nitrogen and oxygen atoms in total. The van der Waals surface area contributed by atoms with Crippen molar-refractivity contribution in [2.45, 2.75) is 58.5 Å². The molecule has 0 spiro atoms. The molecule has 6 heteroatoms. The van der Waals surface area contributed by atoms with Crippen LogP contribution in [0.25, 0.3) is 11.4 Å². The molecule has 1 aromatic carbocycles. The first-order chi connectivity index (χ1) is 13.0. The fraction of sp³-hybridized carbons (Fsp3) is 0.476. The predicted octanol–water partition coefficient (Wildman–Crippen LogP) is 4.73. The molecule has 1 atom stereocenters. The Morgan fingerprint density at radius 2 is 1.70 bits per heavy atom. The molecule has 1 aromatic heterocycles. The molecule has 2 aromatic rings. The van der Waals surface area contributed by atoms with Gasteiger partial charge in [-0.2, -0.15) is 0 Å². The lowest BCUT2D eigenvalue weighted by Crippen LogP contribution is -2.40. The van der Waals surface area contributed by atoms with Gasteiger partial charge in [-0.3, -0.25) is 0 Å². The van der Waals surface area contributed by atoms with Crippen LogP contribution in [-0.4, -0.2) is 33.3 Å². The molecule has 0 saturated heterocycles. The predicted molar refractivity (Wildman–Crippen MR) is 104 cm³/mol. The van der Waals surface area contributed by atoms with Gasteiger partial charge in [-0.15, -0.1) is 0 Å². The number of aromatic nitrogens is 2. The minimum Gasteiger partial charge on any atom is -0.490 e. The van der Waals surface area contributed by atoms with Crippen molar-refractivity contribution >= 4 is 5.97 Å². The van der Waals surface area contributed by atoms with E-state index in [1.54, 1.807) is 38.4 Å². The van der Waals surface area contributed by atoms with Crippen LogP contribution in [0.4, 0.5) is 0 Å². The summed E-state index contributed by atoms with van der Waals surface area (Å²) in [5.41, 5.74) is -0.418. The van der Waals surface area contributed by atoms with E-state index in [2.05, 4.69) is 16.9 Å². The van der Waals surface area contributed by atoms with Gasteiger partial charge in [0.1, 0.15) is 5.75 Å². The summed E-state index contributed by atoms with van der Waals surface area (Å²) in [6.45, 7) is 6.20. The first kappa shape index (κ1) is 20.7. The Labute approximate surface area is 160 Å². The summed E-state index contributed by atoms with van der Waals surface area (Å²) in [4.78, 5) is 20.0. The molecule has 0 aliphatic carbocycles. The topological polar surface area (TPSA) is 81.5 Å². The maximum atomic E-state index is 11.3. The van der Waals surface area contributed by atoms with E-state index >= 15 is 0 Å². The number of hydrogen-bond acceptors (Lipinski definition) is 5. The summed E-state index contributed by atoms with van der Waals surface area (Å²) >= 11 is 0. The standard InChI is InChI=1S/C21H28N2O4/c1-4-6-7-8-13-26-18-14-22-19(23-15-18)16-9-11-17(12-10-16)27-21(3,5-2)20(24)25/h9-12,14-15H,4-8,13H2,1-3H3,(H,24,25). The van der Waals surface area contributed by atoms with Gasteiger partial charge < -0.3 is 14.6 Å². The molecular formula is C21H28N2O4. The van der Waals surface area contributed by atoms with E-state index in [9.17, 15) is 9.90 Å². The Balaban J connectivity index is 1.95. The minimum atomic E-state index is -1.24. The van der Waals surface area contributed by atoms with Gasteiger partial charge in [-0.25, -0.2) is 14.8 Å². The van der Waals surface area contributed by atoms with E-state index in [4.69, 9.17) is 9.47 Å². The van der Waals surface area contributed by atoms with Gasteiger partial charge >= 0.3 is 5.97 Å². The number of ether oxygens (including phenoxy) is 2. The lowest BCUT2D eigenvalue weighted by atomic mass is 10.0. The number of nitrogens with zero attached hydrogens (tertiary/aromatic N) is 2. The van der Waals surface area contributed by atoms with E-state index in [0.29, 0.717) is 30.4 Å². The Hall–Kier alpha value is -2.63. The monoisotopic (exact) mass is 372 g/mol. The van der Waals surface area contributed by atoms with Crippen molar-refractivity contribution < 1.29 is 19.4 Å². The number of carboxylic acid groups (broad SMARTS) is 1. The van der Waals surface area contributed by atoms with Gasteiger partial charge in [0.05, 0.1) is 19.0 Å². The van der Waals surface area contributed by atoms with Crippen LogP contribution in [0, 0.1) is 0 Å². The van der Waals surface area contributed by atoms with Crippen molar-refractivity contribution in [3.63, 3.8) is 0 Å².